The fourth-order valence-electron chi connectivity index (χ4n) is 3.47. The highest BCUT2D eigenvalue weighted by Gasteiger charge is 2.34. The van der Waals surface area contributed by atoms with Gasteiger partial charge in [-0.3, -0.25) is 4.68 Å². The molecule has 0 saturated heterocycles. The zero-order valence-electron chi connectivity index (χ0n) is 12.7. The Bertz CT molecular complexity index is 762. The van der Waals surface area contributed by atoms with E-state index in [0.717, 1.165) is 48.1 Å². The lowest BCUT2D eigenvalue weighted by atomic mass is 10.00. The summed E-state index contributed by atoms with van der Waals surface area (Å²) >= 11 is 0. The minimum atomic E-state index is -0.885. The molecule has 2 aromatic rings. The molecular weight excluding hydrogens is 284 g/mol. The number of rotatable bonds is 0. The molecule has 4 heterocycles. The molecule has 1 amide bonds. The summed E-state index contributed by atoms with van der Waals surface area (Å²) in [5, 5.41) is 22.6. The first-order chi connectivity index (χ1) is 10.6. The second-order valence-corrected chi connectivity index (χ2v) is 6.04. The fraction of sp³-hybridized carbons (Fsp3) is 0.571. The molecule has 0 radical (unpaired) electrons. The number of hydrogen-bond donors (Lipinski definition) is 1. The molecule has 4 rings (SSSR count). The number of aryl methyl sites for hydroxylation is 2. The topological polar surface area (TPSA) is 89.1 Å². The molecule has 116 valence electrons. The van der Waals surface area contributed by atoms with Crippen LogP contribution in [0.25, 0.3) is 11.5 Å². The molecule has 8 heteroatoms. The van der Waals surface area contributed by atoms with Crippen LogP contribution in [0.3, 0.4) is 0 Å². The molecule has 0 bridgehead atoms. The van der Waals surface area contributed by atoms with Crippen LogP contribution in [-0.4, -0.2) is 46.7 Å². The van der Waals surface area contributed by atoms with E-state index in [1.165, 1.54) is 4.90 Å². The Labute approximate surface area is 127 Å². The molecule has 0 spiro atoms. The molecule has 1 atom stereocenters. The van der Waals surface area contributed by atoms with Gasteiger partial charge in [0.15, 0.2) is 5.82 Å². The Hall–Kier alpha value is -2.38. The van der Waals surface area contributed by atoms with E-state index >= 15 is 0 Å². The van der Waals surface area contributed by atoms with Gasteiger partial charge in [0.1, 0.15) is 11.5 Å². The number of carbonyl (C=O) groups is 1. The van der Waals surface area contributed by atoms with Gasteiger partial charge in [-0.05, 0) is 20.3 Å². The van der Waals surface area contributed by atoms with Gasteiger partial charge in [0, 0.05) is 31.1 Å². The zero-order valence-corrected chi connectivity index (χ0v) is 12.7. The lowest BCUT2D eigenvalue weighted by Gasteiger charge is -2.30. The van der Waals surface area contributed by atoms with Crippen molar-refractivity contribution < 1.29 is 9.90 Å². The molecule has 1 N–H and O–H groups in total. The third-order valence-corrected chi connectivity index (χ3v) is 4.63. The summed E-state index contributed by atoms with van der Waals surface area (Å²) < 4.78 is 4.08. The summed E-state index contributed by atoms with van der Waals surface area (Å²) in [7, 11) is 0. The Morgan fingerprint density at radius 3 is 2.91 bits per heavy atom. The van der Waals surface area contributed by atoms with E-state index in [1.54, 1.807) is 0 Å². The van der Waals surface area contributed by atoms with Crippen molar-refractivity contribution in [1.29, 1.82) is 0 Å². The maximum Gasteiger partial charge on any atom is 0.407 e. The van der Waals surface area contributed by atoms with E-state index < -0.39 is 6.09 Å². The first-order valence-corrected chi connectivity index (χ1v) is 7.54. The first-order valence-electron chi connectivity index (χ1n) is 7.54. The van der Waals surface area contributed by atoms with Crippen LogP contribution in [0.4, 0.5) is 4.79 Å². The van der Waals surface area contributed by atoms with Crippen LogP contribution in [0, 0.1) is 6.92 Å². The van der Waals surface area contributed by atoms with Crippen LogP contribution >= 0.6 is 0 Å². The molecule has 2 aliphatic heterocycles. The summed E-state index contributed by atoms with van der Waals surface area (Å²) in [5.74, 6) is 1.70. The number of hydrogen-bond acceptors (Lipinski definition) is 4. The summed E-state index contributed by atoms with van der Waals surface area (Å²) in [6.45, 7) is 5.93. The van der Waals surface area contributed by atoms with Crippen molar-refractivity contribution in [2.45, 2.75) is 52.4 Å². The van der Waals surface area contributed by atoms with Gasteiger partial charge in [-0.25, -0.2) is 4.79 Å². The van der Waals surface area contributed by atoms with Crippen molar-refractivity contribution >= 4 is 6.09 Å². The molecule has 2 aliphatic rings. The van der Waals surface area contributed by atoms with Crippen LogP contribution < -0.4 is 0 Å². The number of fused-ring (bicyclic) bond motifs is 5. The summed E-state index contributed by atoms with van der Waals surface area (Å²) in [4.78, 5) is 12.9. The van der Waals surface area contributed by atoms with Gasteiger partial charge < -0.3 is 14.6 Å². The highest BCUT2D eigenvalue weighted by atomic mass is 16.4. The lowest BCUT2D eigenvalue weighted by molar-refractivity contribution is 0.119. The average Bonchev–Trinajstić information content (AvgIpc) is 2.92. The van der Waals surface area contributed by atoms with E-state index in [2.05, 4.69) is 14.8 Å². The smallest absolute Gasteiger partial charge is 0.407 e. The number of carboxylic acid groups (broad SMARTS) is 1. The normalized spacial score (nSPS) is 20.1. The quantitative estimate of drug-likeness (QED) is 0.792. The predicted molar refractivity (Wildman–Crippen MR) is 77.3 cm³/mol. The van der Waals surface area contributed by atoms with Crippen molar-refractivity contribution in [2.75, 3.05) is 0 Å². The molecule has 8 nitrogen and oxygen atoms in total. The van der Waals surface area contributed by atoms with Crippen LogP contribution in [0.5, 0.6) is 0 Å². The van der Waals surface area contributed by atoms with Crippen molar-refractivity contribution in [3.8, 4) is 11.5 Å². The largest absolute Gasteiger partial charge is 0.465 e. The Balaban J connectivity index is 1.89. The Morgan fingerprint density at radius 2 is 2.14 bits per heavy atom. The van der Waals surface area contributed by atoms with Crippen molar-refractivity contribution in [3.05, 3.63) is 17.1 Å². The van der Waals surface area contributed by atoms with Crippen LogP contribution in [0.15, 0.2) is 0 Å². The van der Waals surface area contributed by atoms with Gasteiger partial charge in [0.2, 0.25) is 0 Å². The predicted octanol–water partition coefficient (Wildman–Crippen LogP) is 1.28. The van der Waals surface area contributed by atoms with Crippen LogP contribution in [0.2, 0.25) is 0 Å². The minimum Gasteiger partial charge on any atom is -0.465 e. The molecule has 1 unspecified atom stereocenters. The third kappa shape index (κ3) is 1.76. The summed E-state index contributed by atoms with van der Waals surface area (Å²) in [6.07, 6.45) is 0.733. The zero-order chi connectivity index (χ0) is 15.4. The van der Waals surface area contributed by atoms with Crippen molar-refractivity contribution in [1.82, 2.24) is 29.4 Å². The highest BCUT2D eigenvalue weighted by molar-refractivity contribution is 5.68. The highest BCUT2D eigenvalue weighted by Crippen LogP contribution is 2.33. The molecule has 2 aromatic heterocycles. The maximum atomic E-state index is 11.4. The fourth-order valence-corrected chi connectivity index (χ4v) is 3.47. The number of aromatic nitrogens is 5. The van der Waals surface area contributed by atoms with E-state index in [9.17, 15) is 9.90 Å². The number of amides is 1. The van der Waals surface area contributed by atoms with Crippen molar-refractivity contribution in [2.24, 2.45) is 0 Å². The Kier molecular flexibility index (Phi) is 2.75. The summed E-state index contributed by atoms with van der Waals surface area (Å²) in [6, 6.07) is -0.0521. The second kappa shape index (κ2) is 4.56. The average molecular weight is 302 g/mol. The van der Waals surface area contributed by atoms with E-state index in [0.29, 0.717) is 13.0 Å². The van der Waals surface area contributed by atoms with Gasteiger partial charge in [-0.1, -0.05) is 0 Å². The van der Waals surface area contributed by atoms with E-state index in [-0.39, 0.29) is 6.04 Å². The maximum absolute atomic E-state index is 11.4. The molecule has 0 saturated carbocycles. The standard InChI is InChI=1S/C14H18N6O2/c1-8-6-11-10(7-19(8)14(21)22)12-13-16-15-9(2)18(13)4-3-5-20(12)17-11/h8H,3-7H2,1-2H3,(H,21,22). The van der Waals surface area contributed by atoms with Crippen LogP contribution in [-0.2, 0) is 26.1 Å². The molecule has 0 aliphatic carbocycles. The van der Waals surface area contributed by atoms with E-state index in [4.69, 9.17) is 5.10 Å². The van der Waals surface area contributed by atoms with Gasteiger partial charge in [-0.2, -0.15) is 5.10 Å². The second-order valence-electron chi connectivity index (χ2n) is 6.04. The first kappa shape index (κ1) is 13.3. The third-order valence-electron chi connectivity index (χ3n) is 4.63. The van der Waals surface area contributed by atoms with Crippen LogP contribution in [0.1, 0.15) is 30.4 Å². The Morgan fingerprint density at radius 1 is 1.32 bits per heavy atom. The summed E-state index contributed by atoms with van der Waals surface area (Å²) in [5.41, 5.74) is 2.91. The SMILES string of the molecule is Cc1nnc2n1CCCn1nc3c(c1-2)CN(C(=O)O)C(C)C3. The van der Waals surface area contributed by atoms with Gasteiger partial charge >= 0.3 is 6.09 Å². The monoisotopic (exact) mass is 302 g/mol. The molecular formula is C14H18N6O2. The molecule has 0 fully saturated rings. The molecule has 0 aromatic carbocycles. The van der Waals surface area contributed by atoms with Crippen molar-refractivity contribution in [3.63, 3.8) is 0 Å². The minimum absolute atomic E-state index is 0.0521. The van der Waals surface area contributed by atoms with Gasteiger partial charge in [0.25, 0.3) is 0 Å². The van der Waals surface area contributed by atoms with E-state index in [1.807, 2.05) is 18.5 Å². The van der Waals surface area contributed by atoms with Gasteiger partial charge in [-0.15, -0.1) is 10.2 Å². The number of nitrogens with zero attached hydrogens (tertiary/aromatic N) is 6. The van der Waals surface area contributed by atoms with Gasteiger partial charge in [0.05, 0.1) is 12.2 Å². The lowest BCUT2D eigenvalue weighted by Crippen LogP contribution is -2.41. The molecule has 22 heavy (non-hydrogen) atoms.